The van der Waals surface area contributed by atoms with Crippen LogP contribution in [0, 0.1) is 0 Å². The molecule has 0 unspecified atom stereocenters. The molecule has 0 aliphatic heterocycles. The summed E-state index contributed by atoms with van der Waals surface area (Å²) in [6.07, 6.45) is 1.57. The molecule has 0 spiro atoms. The van der Waals surface area contributed by atoms with Crippen molar-refractivity contribution in [2.45, 2.75) is 0 Å². The van der Waals surface area contributed by atoms with Gasteiger partial charge in [0.15, 0.2) is 0 Å². The quantitative estimate of drug-likeness (QED) is 0.803. The first-order valence-corrected chi connectivity index (χ1v) is 6.68. The maximum absolute atomic E-state index is 12.4. The average molecular weight is 297 g/mol. The van der Waals surface area contributed by atoms with Crippen molar-refractivity contribution in [3.05, 3.63) is 54.4 Å². The number of hydrogen-bond acceptors (Lipinski definition) is 4. The van der Waals surface area contributed by atoms with Crippen LogP contribution >= 0.6 is 0 Å². The number of carbonyl (C=O) groups is 1. The van der Waals surface area contributed by atoms with Gasteiger partial charge >= 0.3 is 0 Å². The van der Waals surface area contributed by atoms with Gasteiger partial charge in [0.2, 0.25) is 0 Å². The smallest absolute Gasteiger partial charge is 0.270 e. The highest BCUT2D eigenvalue weighted by molar-refractivity contribution is 6.01. The van der Waals surface area contributed by atoms with E-state index < -0.39 is 0 Å². The molecule has 2 aromatic carbocycles. The van der Waals surface area contributed by atoms with Crippen LogP contribution in [-0.4, -0.2) is 29.8 Å². The summed E-state index contributed by atoms with van der Waals surface area (Å²) in [6, 6.07) is 12.6. The van der Waals surface area contributed by atoms with E-state index in [2.05, 4.69) is 10.4 Å². The van der Waals surface area contributed by atoms with Gasteiger partial charge in [-0.15, -0.1) is 0 Å². The van der Waals surface area contributed by atoms with E-state index in [-0.39, 0.29) is 5.91 Å². The summed E-state index contributed by atoms with van der Waals surface area (Å²) in [5, 5.41) is 0. The molecule has 22 heavy (non-hydrogen) atoms. The summed E-state index contributed by atoms with van der Waals surface area (Å²) in [5.41, 5.74) is 4.86. The van der Waals surface area contributed by atoms with Crippen LogP contribution in [0.1, 0.15) is 10.4 Å². The second-order valence-electron chi connectivity index (χ2n) is 4.65. The molecule has 0 aliphatic carbocycles. The molecule has 1 N–H and O–H groups in total. The van der Waals surface area contributed by atoms with Crippen molar-refractivity contribution in [3.8, 4) is 11.5 Å². The maximum Gasteiger partial charge on any atom is 0.270 e. The number of hydrogen-bond donors (Lipinski definition) is 1. The van der Waals surface area contributed by atoms with Gasteiger partial charge in [-0.05, 0) is 24.3 Å². The van der Waals surface area contributed by atoms with Gasteiger partial charge in [0.1, 0.15) is 17.8 Å². The minimum atomic E-state index is -0.277. The molecule has 0 fully saturated rings. The number of methoxy groups -OCH3 is 2. The van der Waals surface area contributed by atoms with Crippen LogP contribution in [0.15, 0.2) is 48.8 Å². The predicted molar refractivity (Wildman–Crippen MR) is 83.0 cm³/mol. The summed E-state index contributed by atoms with van der Waals surface area (Å²) < 4.78 is 11.9. The Hall–Kier alpha value is -3.02. The minimum Gasteiger partial charge on any atom is -0.497 e. The molecule has 0 saturated carbocycles. The van der Waals surface area contributed by atoms with Crippen LogP contribution in [-0.2, 0) is 0 Å². The van der Waals surface area contributed by atoms with Gasteiger partial charge in [0.05, 0.1) is 25.3 Å². The highest BCUT2D eigenvalue weighted by Crippen LogP contribution is 2.22. The SMILES string of the molecule is COc1cc(OC)cc(C(=O)Nn2cnc3ccccc32)c1. The molecule has 3 aromatic rings. The van der Waals surface area contributed by atoms with E-state index in [1.54, 1.807) is 43.4 Å². The van der Waals surface area contributed by atoms with Crippen LogP contribution in [0.2, 0.25) is 0 Å². The summed E-state index contributed by atoms with van der Waals surface area (Å²) in [5.74, 6) is 0.834. The second-order valence-corrected chi connectivity index (χ2v) is 4.65. The number of nitrogens with zero attached hydrogens (tertiary/aromatic N) is 2. The number of para-hydroxylation sites is 2. The van der Waals surface area contributed by atoms with E-state index in [9.17, 15) is 4.79 Å². The number of nitrogens with one attached hydrogen (secondary N) is 1. The summed E-state index contributed by atoms with van der Waals surface area (Å²) >= 11 is 0. The molecule has 3 rings (SSSR count). The fraction of sp³-hybridized carbons (Fsp3) is 0.125. The lowest BCUT2D eigenvalue weighted by molar-refractivity contribution is 0.101. The Bertz CT molecular complexity index is 804. The van der Waals surface area contributed by atoms with Gasteiger partial charge in [0, 0.05) is 11.6 Å². The van der Waals surface area contributed by atoms with Crippen molar-refractivity contribution < 1.29 is 14.3 Å². The Morgan fingerprint density at radius 2 is 1.77 bits per heavy atom. The van der Waals surface area contributed by atoms with Crippen molar-refractivity contribution in [1.82, 2.24) is 9.66 Å². The van der Waals surface area contributed by atoms with Gasteiger partial charge < -0.3 is 9.47 Å². The molecule has 6 heteroatoms. The monoisotopic (exact) mass is 297 g/mol. The molecule has 0 aliphatic rings. The lowest BCUT2D eigenvalue weighted by Crippen LogP contribution is -2.22. The number of aromatic nitrogens is 2. The van der Waals surface area contributed by atoms with E-state index in [4.69, 9.17) is 9.47 Å². The molecule has 0 radical (unpaired) electrons. The summed E-state index contributed by atoms with van der Waals surface area (Å²) in [6.45, 7) is 0. The fourth-order valence-corrected chi connectivity index (χ4v) is 2.16. The predicted octanol–water partition coefficient (Wildman–Crippen LogP) is 2.44. The standard InChI is InChI=1S/C16H15N3O3/c1-21-12-7-11(8-13(9-12)22-2)16(20)18-19-10-17-14-5-3-4-6-15(14)19/h3-10H,1-2H3,(H,18,20). The van der Waals surface area contributed by atoms with E-state index >= 15 is 0 Å². The first-order chi connectivity index (χ1) is 10.7. The molecule has 112 valence electrons. The van der Waals surface area contributed by atoms with Crippen LogP contribution in [0.3, 0.4) is 0 Å². The third-order valence-corrected chi connectivity index (χ3v) is 3.29. The zero-order valence-corrected chi connectivity index (χ0v) is 12.2. The second kappa shape index (κ2) is 5.77. The number of fused-ring (bicyclic) bond motifs is 1. The first-order valence-electron chi connectivity index (χ1n) is 6.68. The molecule has 0 bridgehead atoms. The minimum absolute atomic E-state index is 0.277. The lowest BCUT2D eigenvalue weighted by atomic mass is 10.2. The number of imidazole rings is 1. The van der Waals surface area contributed by atoms with Gasteiger partial charge in [-0.3, -0.25) is 10.2 Å². The first kappa shape index (κ1) is 13.9. The Morgan fingerprint density at radius 3 is 2.45 bits per heavy atom. The molecule has 1 amide bonds. The topological polar surface area (TPSA) is 65.4 Å². The zero-order valence-electron chi connectivity index (χ0n) is 12.2. The molecule has 0 saturated heterocycles. The van der Waals surface area contributed by atoms with Crippen LogP contribution in [0.4, 0.5) is 0 Å². The third kappa shape index (κ3) is 2.58. The van der Waals surface area contributed by atoms with E-state index in [0.717, 1.165) is 11.0 Å². The highest BCUT2D eigenvalue weighted by Gasteiger charge is 2.11. The highest BCUT2D eigenvalue weighted by atomic mass is 16.5. The number of amides is 1. The fourth-order valence-electron chi connectivity index (χ4n) is 2.16. The van der Waals surface area contributed by atoms with Crippen molar-refractivity contribution >= 4 is 16.9 Å². The van der Waals surface area contributed by atoms with Gasteiger partial charge in [-0.2, -0.15) is 0 Å². The normalized spacial score (nSPS) is 10.5. The maximum atomic E-state index is 12.4. The lowest BCUT2D eigenvalue weighted by Gasteiger charge is -2.10. The number of rotatable bonds is 4. The van der Waals surface area contributed by atoms with Gasteiger partial charge in [0.25, 0.3) is 5.91 Å². The largest absolute Gasteiger partial charge is 0.497 e. The number of ether oxygens (including phenoxy) is 2. The van der Waals surface area contributed by atoms with E-state index in [1.165, 1.54) is 0 Å². The van der Waals surface area contributed by atoms with Crippen molar-refractivity contribution in [3.63, 3.8) is 0 Å². The third-order valence-electron chi connectivity index (χ3n) is 3.29. The van der Waals surface area contributed by atoms with Crippen molar-refractivity contribution in [1.29, 1.82) is 0 Å². The Labute approximate surface area is 127 Å². The number of benzene rings is 2. The van der Waals surface area contributed by atoms with E-state index in [0.29, 0.717) is 17.1 Å². The van der Waals surface area contributed by atoms with Crippen LogP contribution in [0.25, 0.3) is 11.0 Å². The van der Waals surface area contributed by atoms with Crippen molar-refractivity contribution in [2.75, 3.05) is 19.6 Å². The molecular formula is C16H15N3O3. The summed E-state index contributed by atoms with van der Waals surface area (Å²) in [4.78, 5) is 16.7. The Balaban J connectivity index is 1.91. The van der Waals surface area contributed by atoms with E-state index in [1.807, 2.05) is 24.3 Å². The molecule has 6 nitrogen and oxygen atoms in total. The summed E-state index contributed by atoms with van der Waals surface area (Å²) in [7, 11) is 3.08. The van der Waals surface area contributed by atoms with Crippen LogP contribution < -0.4 is 14.9 Å². The van der Waals surface area contributed by atoms with Crippen molar-refractivity contribution in [2.24, 2.45) is 0 Å². The van der Waals surface area contributed by atoms with Gasteiger partial charge in [-0.1, -0.05) is 12.1 Å². The average Bonchev–Trinajstić information content (AvgIpc) is 2.97. The molecule has 1 aromatic heterocycles. The number of carbonyl (C=O) groups excluding carboxylic acids is 1. The van der Waals surface area contributed by atoms with Gasteiger partial charge in [-0.25, -0.2) is 9.66 Å². The zero-order chi connectivity index (χ0) is 15.5. The van der Waals surface area contributed by atoms with Crippen LogP contribution in [0.5, 0.6) is 11.5 Å². The Kier molecular flexibility index (Phi) is 3.65. The molecular weight excluding hydrogens is 282 g/mol. The molecule has 1 heterocycles. The molecule has 0 atom stereocenters. The Morgan fingerprint density at radius 1 is 1.09 bits per heavy atom.